The van der Waals surface area contributed by atoms with Crippen molar-refractivity contribution < 1.29 is 17.9 Å². The summed E-state index contributed by atoms with van der Waals surface area (Å²) < 4.78 is 35.1. The van der Waals surface area contributed by atoms with Crippen molar-refractivity contribution in [3.8, 4) is 5.75 Å². The molecule has 27 heavy (non-hydrogen) atoms. The number of methoxy groups -OCH3 is 1. The smallest absolute Gasteiger partial charge is 0.345 e. The molecule has 0 aromatic heterocycles. The molecular formula is C19H25N3O4S. The summed E-state index contributed by atoms with van der Waals surface area (Å²) in [6.45, 7) is 2.70. The molecule has 0 radical (unpaired) electrons. The zero-order chi connectivity index (χ0) is 19.6. The van der Waals surface area contributed by atoms with Crippen molar-refractivity contribution in [1.82, 2.24) is 9.21 Å². The number of piperidine rings is 1. The maximum atomic E-state index is 13.2. The molecule has 1 atom stereocenters. The minimum absolute atomic E-state index is 0.135. The van der Waals surface area contributed by atoms with E-state index in [9.17, 15) is 13.2 Å². The van der Waals surface area contributed by atoms with E-state index in [1.54, 1.807) is 42.4 Å². The van der Waals surface area contributed by atoms with Crippen molar-refractivity contribution in [2.45, 2.75) is 38.6 Å². The Morgan fingerprint density at radius 2 is 1.96 bits per heavy atom. The van der Waals surface area contributed by atoms with Crippen molar-refractivity contribution in [3.63, 3.8) is 0 Å². The van der Waals surface area contributed by atoms with E-state index < -0.39 is 10.2 Å². The summed E-state index contributed by atoms with van der Waals surface area (Å²) in [5.41, 5.74) is 1.00. The van der Waals surface area contributed by atoms with E-state index >= 15 is 0 Å². The van der Waals surface area contributed by atoms with Gasteiger partial charge in [-0.2, -0.15) is 8.42 Å². The summed E-state index contributed by atoms with van der Waals surface area (Å²) >= 11 is 0. The first-order chi connectivity index (χ1) is 12.9. The van der Waals surface area contributed by atoms with Crippen LogP contribution in [0.5, 0.6) is 5.75 Å². The van der Waals surface area contributed by atoms with Gasteiger partial charge in [-0.1, -0.05) is 6.92 Å². The Morgan fingerprint density at radius 3 is 2.59 bits per heavy atom. The molecule has 3 rings (SSSR count). The van der Waals surface area contributed by atoms with Gasteiger partial charge >= 0.3 is 10.2 Å². The largest absolute Gasteiger partial charge is 0.497 e. The van der Waals surface area contributed by atoms with Gasteiger partial charge in [-0.05, 0) is 56.0 Å². The molecule has 0 unspecified atom stereocenters. The molecular weight excluding hydrogens is 366 g/mol. The molecule has 146 valence electrons. The van der Waals surface area contributed by atoms with E-state index in [2.05, 4.69) is 11.3 Å². The van der Waals surface area contributed by atoms with E-state index in [1.165, 1.54) is 7.05 Å². The first-order valence-corrected chi connectivity index (χ1v) is 10.5. The van der Waals surface area contributed by atoms with Crippen LogP contribution in [0.1, 0.15) is 38.2 Å². The van der Waals surface area contributed by atoms with Gasteiger partial charge in [0.1, 0.15) is 11.4 Å². The van der Waals surface area contributed by atoms with Gasteiger partial charge in [-0.15, -0.1) is 4.40 Å². The second kappa shape index (κ2) is 7.72. The predicted octanol–water partition coefficient (Wildman–Crippen LogP) is 2.35. The van der Waals surface area contributed by atoms with Crippen LogP contribution < -0.4 is 4.74 Å². The summed E-state index contributed by atoms with van der Waals surface area (Å²) in [7, 11) is -1.02. The topological polar surface area (TPSA) is 79.3 Å². The lowest BCUT2D eigenvalue weighted by atomic mass is 9.99. The zero-order valence-electron chi connectivity index (χ0n) is 15.9. The normalized spacial score (nSPS) is 22.1. The average Bonchev–Trinajstić information content (AvgIpc) is 2.69. The van der Waals surface area contributed by atoms with Gasteiger partial charge in [0.15, 0.2) is 0 Å². The monoisotopic (exact) mass is 391 g/mol. The number of rotatable bonds is 4. The maximum Gasteiger partial charge on any atom is 0.345 e. The van der Waals surface area contributed by atoms with Gasteiger partial charge in [0.05, 0.1) is 12.8 Å². The van der Waals surface area contributed by atoms with Crippen LogP contribution in [-0.2, 0) is 15.0 Å². The van der Waals surface area contributed by atoms with E-state index in [1.807, 2.05) is 0 Å². The van der Waals surface area contributed by atoms with Gasteiger partial charge in [0.2, 0.25) is 0 Å². The number of nitrogens with zero attached hydrogens (tertiary/aromatic N) is 3. The van der Waals surface area contributed by atoms with Crippen LogP contribution in [0.2, 0.25) is 0 Å². The average molecular weight is 391 g/mol. The van der Waals surface area contributed by atoms with Crippen molar-refractivity contribution in [2.75, 3.05) is 20.7 Å². The van der Waals surface area contributed by atoms with Crippen molar-refractivity contribution in [3.05, 3.63) is 41.6 Å². The number of likely N-dealkylation sites (tertiary alicyclic amines) is 1. The highest BCUT2D eigenvalue weighted by atomic mass is 32.2. The SMILES string of the molecule is CC[C@H]1CCCCN1C(=O)C1=CC(c2ccc(OC)cc2)=NS(=O)(=O)N1C. The number of carbonyl (C=O) groups excluding carboxylic acids is 1. The lowest BCUT2D eigenvalue weighted by molar-refractivity contribution is -0.131. The van der Waals surface area contributed by atoms with Crippen molar-refractivity contribution in [1.29, 1.82) is 0 Å². The molecule has 1 amide bonds. The minimum Gasteiger partial charge on any atom is -0.497 e. The van der Waals surface area contributed by atoms with Crippen molar-refractivity contribution >= 4 is 21.8 Å². The fourth-order valence-electron chi connectivity index (χ4n) is 3.49. The third-order valence-corrected chi connectivity index (χ3v) is 6.45. The van der Waals surface area contributed by atoms with Crippen LogP contribution in [0, 0.1) is 0 Å². The molecule has 1 aromatic carbocycles. The maximum absolute atomic E-state index is 13.2. The summed E-state index contributed by atoms with van der Waals surface area (Å²) in [5, 5.41) is 0. The molecule has 0 spiro atoms. The third-order valence-electron chi connectivity index (χ3n) is 5.14. The molecule has 7 nitrogen and oxygen atoms in total. The lowest BCUT2D eigenvalue weighted by Crippen LogP contribution is -2.47. The Balaban J connectivity index is 1.98. The Hall–Kier alpha value is -2.35. The first-order valence-electron chi connectivity index (χ1n) is 9.13. The summed E-state index contributed by atoms with van der Waals surface area (Å²) in [5.74, 6) is 0.406. The Kier molecular flexibility index (Phi) is 5.55. The molecule has 2 aliphatic heterocycles. The molecule has 0 N–H and O–H groups in total. The fourth-order valence-corrected chi connectivity index (χ4v) is 4.40. The van der Waals surface area contributed by atoms with E-state index in [-0.39, 0.29) is 23.4 Å². The number of allylic oxidation sites excluding steroid dienone is 1. The Labute approximate surface area is 160 Å². The molecule has 8 heteroatoms. The van der Waals surface area contributed by atoms with Gasteiger partial charge < -0.3 is 9.64 Å². The first kappa shape index (κ1) is 19.4. The van der Waals surface area contributed by atoms with E-state index in [0.29, 0.717) is 17.9 Å². The van der Waals surface area contributed by atoms with Crippen LogP contribution in [0.15, 0.2) is 40.4 Å². The van der Waals surface area contributed by atoms with Gasteiger partial charge in [0.25, 0.3) is 5.91 Å². The molecule has 2 aliphatic rings. The van der Waals surface area contributed by atoms with Crippen LogP contribution in [0.4, 0.5) is 0 Å². The van der Waals surface area contributed by atoms with Gasteiger partial charge in [-0.25, -0.2) is 4.31 Å². The minimum atomic E-state index is -3.96. The fraction of sp³-hybridized carbons (Fsp3) is 0.474. The lowest BCUT2D eigenvalue weighted by Gasteiger charge is -2.37. The van der Waals surface area contributed by atoms with Crippen LogP contribution in [0.25, 0.3) is 0 Å². The number of amides is 1. The molecule has 1 fully saturated rings. The summed E-state index contributed by atoms with van der Waals surface area (Å²) in [4.78, 5) is 15.0. The van der Waals surface area contributed by atoms with Crippen LogP contribution in [0.3, 0.4) is 0 Å². The number of benzene rings is 1. The number of carbonyl (C=O) groups is 1. The van der Waals surface area contributed by atoms with Gasteiger partial charge in [0, 0.05) is 25.2 Å². The highest BCUT2D eigenvalue weighted by Crippen LogP contribution is 2.26. The summed E-state index contributed by atoms with van der Waals surface area (Å²) in [6.07, 6.45) is 5.40. The van der Waals surface area contributed by atoms with Crippen molar-refractivity contribution in [2.24, 2.45) is 4.40 Å². The summed E-state index contributed by atoms with van der Waals surface area (Å²) in [6, 6.07) is 7.07. The molecule has 0 aliphatic carbocycles. The Bertz CT molecular complexity index is 875. The number of ether oxygens (including phenoxy) is 1. The molecule has 0 saturated carbocycles. The van der Waals surface area contributed by atoms with E-state index in [4.69, 9.17) is 4.74 Å². The second-order valence-electron chi connectivity index (χ2n) is 6.74. The molecule has 0 bridgehead atoms. The van der Waals surface area contributed by atoms with E-state index in [0.717, 1.165) is 30.0 Å². The number of hydrogen-bond donors (Lipinski definition) is 0. The second-order valence-corrected chi connectivity index (χ2v) is 8.36. The number of hydrogen-bond acceptors (Lipinski definition) is 4. The van der Waals surface area contributed by atoms with Gasteiger partial charge in [-0.3, -0.25) is 4.79 Å². The predicted molar refractivity (Wildman–Crippen MR) is 104 cm³/mol. The number of likely N-dealkylation sites (N-methyl/N-ethyl adjacent to an activating group) is 1. The molecule has 1 aromatic rings. The highest BCUT2D eigenvalue weighted by Gasteiger charge is 2.35. The standard InChI is InChI=1S/C19H25N3O4S/c1-4-15-7-5-6-12-22(15)19(23)18-13-17(20-27(24,25)21(18)2)14-8-10-16(26-3)11-9-14/h8-11,13,15H,4-7,12H2,1-3H3/t15-/m0/s1. The van der Waals surface area contributed by atoms with Crippen LogP contribution >= 0.6 is 0 Å². The zero-order valence-corrected chi connectivity index (χ0v) is 16.7. The molecule has 2 heterocycles. The Morgan fingerprint density at radius 1 is 1.26 bits per heavy atom. The third kappa shape index (κ3) is 3.85. The molecule has 1 saturated heterocycles. The highest BCUT2D eigenvalue weighted by molar-refractivity contribution is 7.88. The van der Waals surface area contributed by atoms with Crippen LogP contribution in [-0.4, -0.2) is 56.0 Å². The quantitative estimate of drug-likeness (QED) is 0.789.